The summed E-state index contributed by atoms with van der Waals surface area (Å²) in [5.41, 5.74) is 2.18. The van der Waals surface area contributed by atoms with Crippen LogP contribution in [0.2, 0.25) is 0 Å². The number of guanidine groups is 1. The predicted octanol–water partition coefficient (Wildman–Crippen LogP) is 3.21. The van der Waals surface area contributed by atoms with Gasteiger partial charge in [0.2, 0.25) is 0 Å². The lowest BCUT2D eigenvalue weighted by molar-refractivity contribution is 0.809. The molecule has 9 heteroatoms. The van der Waals surface area contributed by atoms with Gasteiger partial charge in [-0.05, 0) is 38.5 Å². The number of halogens is 1. The van der Waals surface area contributed by atoms with E-state index in [0.29, 0.717) is 13.1 Å². The molecule has 3 heterocycles. The van der Waals surface area contributed by atoms with Crippen LogP contribution in [0.1, 0.15) is 28.1 Å². The van der Waals surface area contributed by atoms with Crippen LogP contribution < -0.4 is 10.6 Å². The lowest BCUT2D eigenvalue weighted by Gasteiger charge is -2.10. The number of hydrogen-bond donors (Lipinski definition) is 2. The van der Waals surface area contributed by atoms with Gasteiger partial charge in [-0.2, -0.15) is 0 Å². The summed E-state index contributed by atoms with van der Waals surface area (Å²) in [4.78, 5) is 18.9. The van der Waals surface area contributed by atoms with Gasteiger partial charge in [0, 0.05) is 30.0 Å². The van der Waals surface area contributed by atoms with Crippen molar-refractivity contribution in [2.24, 2.45) is 4.99 Å². The van der Waals surface area contributed by atoms with Crippen LogP contribution in [0.4, 0.5) is 0 Å². The number of aliphatic imine (C=N–C) groups is 1. The minimum absolute atomic E-state index is 0. The van der Waals surface area contributed by atoms with Gasteiger partial charge in [0.15, 0.2) is 5.96 Å². The van der Waals surface area contributed by atoms with Gasteiger partial charge in [-0.3, -0.25) is 4.57 Å². The van der Waals surface area contributed by atoms with Gasteiger partial charge in [-0.25, -0.2) is 19.9 Å². The van der Waals surface area contributed by atoms with Crippen LogP contribution in [0.5, 0.6) is 0 Å². The van der Waals surface area contributed by atoms with E-state index in [1.807, 2.05) is 29.8 Å². The first-order valence-corrected chi connectivity index (χ1v) is 9.35. The molecule has 0 aromatic carbocycles. The molecule has 0 radical (unpaired) electrons. The SMILES string of the molecule is CCNC(=NCc1ccnc(-n2ccnc2)c1)NCc1nc(C)c(C)s1.I. The third kappa shape index (κ3) is 5.99. The summed E-state index contributed by atoms with van der Waals surface area (Å²) in [6.07, 6.45) is 7.14. The van der Waals surface area contributed by atoms with Gasteiger partial charge in [0.1, 0.15) is 17.2 Å². The van der Waals surface area contributed by atoms with Crippen LogP contribution in [-0.4, -0.2) is 32.0 Å². The monoisotopic (exact) mass is 497 g/mol. The van der Waals surface area contributed by atoms with Gasteiger partial charge in [-0.15, -0.1) is 35.3 Å². The highest BCUT2D eigenvalue weighted by molar-refractivity contribution is 14.0. The average molecular weight is 497 g/mol. The van der Waals surface area contributed by atoms with E-state index in [9.17, 15) is 0 Å². The van der Waals surface area contributed by atoms with Crippen LogP contribution >= 0.6 is 35.3 Å². The molecular weight excluding hydrogens is 473 g/mol. The summed E-state index contributed by atoms with van der Waals surface area (Å²) >= 11 is 1.72. The molecule has 0 unspecified atom stereocenters. The molecule has 3 aromatic heterocycles. The Hall–Kier alpha value is -2.01. The standard InChI is InChI=1S/C18H23N7S.HI/c1-4-20-18(23-11-17-24-13(2)14(3)26-17)22-10-15-5-6-21-16(9-15)25-8-7-19-12-25;/h5-9,12H,4,10-11H2,1-3H3,(H2,20,22,23);1H. The molecule has 7 nitrogen and oxygen atoms in total. The fourth-order valence-corrected chi connectivity index (χ4v) is 3.25. The molecule has 0 saturated heterocycles. The number of pyridine rings is 1. The Morgan fingerprint density at radius 1 is 1.26 bits per heavy atom. The Labute approximate surface area is 180 Å². The predicted molar refractivity (Wildman–Crippen MR) is 120 cm³/mol. The number of aryl methyl sites for hydroxylation is 2. The van der Waals surface area contributed by atoms with E-state index in [0.717, 1.165) is 34.6 Å². The fourth-order valence-electron chi connectivity index (χ4n) is 2.38. The molecule has 0 amide bonds. The Morgan fingerprint density at radius 3 is 2.78 bits per heavy atom. The topological polar surface area (TPSA) is 80.0 Å². The largest absolute Gasteiger partial charge is 0.357 e. The second kappa shape index (κ2) is 10.4. The molecule has 27 heavy (non-hydrogen) atoms. The zero-order chi connectivity index (χ0) is 18.4. The van der Waals surface area contributed by atoms with Gasteiger partial charge in [0.25, 0.3) is 0 Å². The van der Waals surface area contributed by atoms with Crippen molar-refractivity contribution >= 4 is 41.3 Å². The van der Waals surface area contributed by atoms with E-state index >= 15 is 0 Å². The first kappa shape index (κ1) is 21.3. The molecule has 144 valence electrons. The van der Waals surface area contributed by atoms with Crippen LogP contribution in [0.25, 0.3) is 5.82 Å². The number of nitrogens with one attached hydrogen (secondary N) is 2. The quantitative estimate of drug-likeness (QED) is 0.311. The van der Waals surface area contributed by atoms with E-state index in [1.54, 1.807) is 30.1 Å². The Morgan fingerprint density at radius 2 is 2.11 bits per heavy atom. The molecule has 3 rings (SSSR count). The smallest absolute Gasteiger partial charge is 0.191 e. The van der Waals surface area contributed by atoms with E-state index in [2.05, 4.69) is 44.4 Å². The van der Waals surface area contributed by atoms with Gasteiger partial charge in [-0.1, -0.05) is 0 Å². The molecule has 3 aromatic rings. The van der Waals surface area contributed by atoms with Crippen molar-refractivity contribution in [3.8, 4) is 5.82 Å². The fraction of sp³-hybridized carbons (Fsp3) is 0.333. The summed E-state index contributed by atoms with van der Waals surface area (Å²) < 4.78 is 1.88. The molecule has 0 aliphatic rings. The van der Waals surface area contributed by atoms with Crippen LogP contribution in [0.3, 0.4) is 0 Å². The number of rotatable bonds is 6. The zero-order valence-electron chi connectivity index (χ0n) is 15.6. The van der Waals surface area contributed by atoms with Gasteiger partial charge >= 0.3 is 0 Å². The average Bonchev–Trinajstić information content (AvgIpc) is 3.28. The van der Waals surface area contributed by atoms with Gasteiger partial charge in [0.05, 0.1) is 18.8 Å². The number of aromatic nitrogens is 4. The maximum Gasteiger partial charge on any atom is 0.191 e. The minimum Gasteiger partial charge on any atom is -0.357 e. The number of thiazole rings is 1. The van der Waals surface area contributed by atoms with Crippen molar-refractivity contribution in [1.29, 1.82) is 0 Å². The summed E-state index contributed by atoms with van der Waals surface area (Å²) in [5.74, 6) is 1.61. The molecule has 0 bridgehead atoms. The Balaban J connectivity index is 0.00000261. The van der Waals surface area contributed by atoms with Crippen molar-refractivity contribution in [1.82, 2.24) is 30.2 Å². The van der Waals surface area contributed by atoms with E-state index in [4.69, 9.17) is 0 Å². The number of imidazole rings is 1. The van der Waals surface area contributed by atoms with E-state index < -0.39 is 0 Å². The molecule has 0 fully saturated rings. The maximum absolute atomic E-state index is 4.67. The third-order valence-corrected chi connectivity index (χ3v) is 4.90. The minimum atomic E-state index is 0. The highest BCUT2D eigenvalue weighted by Gasteiger charge is 2.05. The molecule has 0 aliphatic carbocycles. The van der Waals surface area contributed by atoms with Crippen molar-refractivity contribution in [2.75, 3.05) is 6.54 Å². The van der Waals surface area contributed by atoms with E-state index in [1.165, 1.54) is 4.88 Å². The van der Waals surface area contributed by atoms with Gasteiger partial charge < -0.3 is 10.6 Å². The maximum atomic E-state index is 4.67. The molecular formula is C18H24IN7S. The van der Waals surface area contributed by atoms with E-state index in [-0.39, 0.29) is 24.0 Å². The molecule has 0 spiro atoms. The molecule has 0 atom stereocenters. The van der Waals surface area contributed by atoms with Crippen molar-refractivity contribution in [3.63, 3.8) is 0 Å². The summed E-state index contributed by atoms with van der Waals surface area (Å²) in [7, 11) is 0. The van der Waals surface area contributed by atoms with Crippen molar-refractivity contribution in [3.05, 3.63) is 58.2 Å². The first-order valence-electron chi connectivity index (χ1n) is 8.54. The highest BCUT2D eigenvalue weighted by Crippen LogP contribution is 2.16. The lowest BCUT2D eigenvalue weighted by atomic mass is 10.2. The summed E-state index contributed by atoms with van der Waals surface area (Å²) in [6, 6.07) is 3.99. The van der Waals surface area contributed by atoms with Crippen molar-refractivity contribution < 1.29 is 0 Å². The second-order valence-electron chi connectivity index (χ2n) is 5.79. The second-order valence-corrected chi connectivity index (χ2v) is 7.08. The van der Waals surface area contributed by atoms with Crippen LogP contribution in [0.15, 0.2) is 42.0 Å². The Kier molecular flexibility index (Phi) is 8.17. The van der Waals surface area contributed by atoms with Crippen LogP contribution in [0, 0.1) is 13.8 Å². The summed E-state index contributed by atoms with van der Waals surface area (Å²) in [5, 5.41) is 7.68. The molecule has 0 saturated carbocycles. The number of hydrogen-bond acceptors (Lipinski definition) is 5. The van der Waals surface area contributed by atoms with Crippen molar-refractivity contribution in [2.45, 2.75) is 33.9 Å². The third-order valence-electron chi connectivity index (χ3n) is 3.82. The Bertz CT molecular complexity index is 854. The lowest BCUT2D eigenvalue weighted by Crippen LogP contribution is -2.36. The normalized spacial score (nSPS) is 11.1. The highest BCUT2D eigenvalue weighted by atomic mass is 127. The number of nitrogens with zero attached hydrogens (tertiary/aromatic N) is 5. The van der Waals surface area contributed by atoms with Crippen LogP contribution in [-0.2, 0) is 13.1 Å². The zero-order valence-corrected chi connectivity index (χ0v) is 18.8. The molecule has 2 N–H and O–H groups in total. The summed E-state index contributed by atoms with van der Waals surface area (Å²) in [6.45, 7) is 8.22. The molecule has 0 aliphatic heterocycles. The first-order chi connectivity index (χ1) is 12.7.